The molecule has 0 radical (unpaired) electrons. The Morgan fingerprint density at radius 1 is 1.71 bits per heavy atom. The van der Waals surface area contributed by atoms with E-state index < -0.39 is 0 Å². The molecule has 0 saturated heterocycles. The number of nitrogens with zero attached hydrogens (tertiary/aromatic N) is 1. The van der Waals surface area contributed by atoms with Gasteiger partial charge in [-0.25, -0.2) is 5.53 Å². The van der Waals surface area contributed by atoms with Gasteiger partial charge in [-0.15, -0.1) is 0 Å². The summed E-state index contributed by atoms with van der Waals surface area (Å²) < 4.78 is 0. The number of hydrogen-bond acceptors (Lipinski definition) is 4. The molecule has 4 heteroatoms. The van der Waals surface area contributed by atoms with E-state index in [1.807, 2.05) is 5.53 Å². The van der Waals surface area contributed by atoms with Gasteiger partial charge in [-0.2, -0.15) is 0 Å². The van der Waals surface area contributed by atoms with Gasteiger partial charge in [-0.1, -0.05) is 0 Å². The largest absolute Gasteiger partial charge is 0.770 e. The van der Waals surface area contributed by atoms with E-state index in [1.54, 1.807) is 13.8 Å². The van der Waals surface area contributed by atoms with Gasteiger partial charge in [-0.05, 0) is 13.8 Å². The van der Waals surface area contributed by atoms with Crippen LogP contribution in [0.1, 0.15) is 13.8 Å². The molecule has 7 heavy (non-hydrogen) atoms. The molecule has 3 N–H and O–H groups in total. The first-order chi connectivity index (χ1) is 3.18. The third kappa shape index (κ3) is 2.52. The Hall–Kier alpha value is -0.160. The molecular weight excluding hydrogens is 94.1 g/mol. The molecule has 0 saturated carbocycles. The SMILES string of the molecule is CC(C)N([O-])NN. The Labute approximate surface area is 42.8 Å². The lowest BCUT2D eigenvalue weighted by Crippen LogP contribution is -2.42. The quantitative estimate of drug-likeness (QED) is 0.368. The number of rotatable bonds is 2. The second-order valence-corrected chi connectivity index (χ2v) is 1.55. The molecule has 0 aliphatic heterocycles. The van der Waals surface area contributed by atoms with Crippen LogP contribution in [-0.4, -0.2) is 11.2 Å². The number of nitrogens with one attached hydrogen (secondary N) is 1. The number of hydroxylamine groups is 1. The van der Waals surface area contributed by atoms with Crippen LogP contribution in [0.3, 0.4) is 0 Å². The predicted molar refractivity (Wildman–Crippen MR) is 27.7 cm³/mol. The molecule has 0 aromatic heterocycles. The Morgan fingerprint density at radius 3 is 2.14 bits per heavy atom. The Morgan fingerprint density at radius 2 is 2.14 bits per heavy atom. The first-order valence-corrected chi connectivity index (χ1v) is 2.11. The highest BCUT2D eigenvalue weighted by Gasteiger charge is 1.88. The van der Waals surface area contributed by atoms with Crippen molar-refractivity contribution < 1.29 is 0 Å². The summed E-state index contributed by atoms with van der Waals surface area (Å²) in [6.07, 6.45) is 0. The predicted octanol–water partition coefficient (Wildman–Crippen LogP) is -0.427. The smallest absolute Gasteiger partial charge is 0.00642 e. The molecule has 0 aromatic rings. The second kappa shape index (κ2) is 2.92. The zero-order chi connectivity index (χ0) is 5.86. The lowest BCUT2D eigenvalue weighted by Gasteiger charge is -2.29. The van der Waals surface area contributed by atoms with Gasteiger partial charge in [0.2, 0.25) is 0 Å². The van der Waals surface area contributed by atoms with Crippen LogP contribution in [0.25, 0.3) is 0 Å². The van der Waals surface area contributed by atoms with Crippen LogP contribution in [-0.2, 0) is 0 Å². The second-order valence-electron chi connectivity index (χ2n) is 1.55. The standard InChI is InChI=1S/C3H10N3O/c1-3(2)6(7)5-4/h3,5H,4H2,1-2H3/q-1. The minimum atomic E-state index is -0.0926. The summed E-state index contributed by atoms with van der Waals surface area (Å²) >= 11 is 0. The lowest BCUT2D eigenvalue weighted by molar-refractivity contribution is 0.224. The van der Waals surface area contributed by atoms with E-state index in [2.05, 4.69) is 0 Å². The van der Waals surface area contributed by atoms with Crippen molar-refractivity contribution in [2.24, 2.45) is 5.84 Å². The summed E-state index contributed by atoms with van der Waals surface area (Å²) in [5.41, 5.74) is 1.94. The molecule has 0 spiro atoms. The maximum atomic E-state index is 10.2. The molecule has 0 rings (SSSR count). The van der Waals surface area contributed by atoms with Gasteiger partial charge in [0.25, 0.3) is 0 Å². The Bertz CT molecular complexity index is 47.4. The average Bonchev–Trinajstić information content (AvgIpc) is 1.65. The van der Waals surface area contributed by atoms with Crippen LogP contribution in [0, 0.1) is 5.21 Å². The first kappa shape index (κ1) is 6.84. The van der Waals surface area contributed by atoms with E-state index in [0.29, 0.717) is 5.17 Å². The number of hydrazine groups is 2. The van der Waals surface area contributed by atoms with Crippen LogP contribution >= 0.6 is 0 Å². The van der Waals surface area contributed by atoms with Crippen molar-refractivity contribution in [1.82, 2.24) is 10.7 Å². The van der Waals surface area contributed by atoms with Crippen molar-refractivity contribution in [3.8, 4) is 0 Å². The van der Waals surface area contributed by atoms with Crippen molar-refractivity contribution in [2.75, 3.05) is 0 Å². The van der Waals surface area contributed by atoms with Gasteiger partial charge in [0, 0.05) is 6.04 Å². The van der Waals surface area contributed by atoms with Crippen LogP contribution in [0.2, 0.25) is 0 Å². The molecule has 0 bridgehead atoms. The van der Waals surface area contributed by atoms with E-state index in [-0.39, 0.29) is 6.04 Å². The fourth-order valence-corrected chi connectivity index (χ4v) is 0.149. The molecule has 0 unspecified atom stereocenters. The van der Waals surface area contributed by atoms with Crippen LogP contribution in [0.4, 0.5) is 0 Å². The van der Waals surface area contributed by atoms with Crippen molar-refractivity contribution in [3.05, 3.63) is 5.21 Å². The Kier molecular flexibility index (Phi) is 2.86. The zero-order valence-corrected chi connectivity index (χ0v) is 4.51. The molecule has 0 amide bonds. The Balaban J connectivity index is 3.14. The summed E-state index contributed by atoms with van der Waals surface area (Å²) in [6.45, 7) is 3.49. The highest BCUT2D eigenvalue weighted by molar-refractivity contribution is 4.52. The highest BCUT2D eigenvalue weighted by Crippen LogP contribution is 1.84. The minimum Gasteiger partial charge on any atom is -0.770 e. The third-order valence-electron chi connectivity index (χ3n) is 0.596. The molecule has 0 heterocycles. The van der Waals surface area contributed by atoms with E-state index in [1.165, 1.54) is 0 Å². The van der Waals surface area contributed by atoms with Crippen molar-refractivity contribution in [3.63, 3.8) is 0 Å². The van der Waals surface area contributed by atoms with E-state index >= 15 is 0 Å². The van der Waals surface area contributed by atoms with Crippen molar-refractivity contribution in [1.29, 1.82) is 0 Å². The summed E-state index contributed by atoms with van der Waals surface area (Å²) in [5.74, 6) is 4.74. The molecule has 0 aliphatic carbocycles. The number of hydrogen-bond donors (Lipinski definition) is 2. The monoisotopic (exact) mass is 104 g/mol. The highest BCUT2D eigenvalue weighted by atomic mass is 16.5. The third-order valence-corrected chi connectivity index (χ3v) is 0.596. The van der Waals surface area contributed by atoms with Gasteiger partial charge in [0.15, 0.2) is 0 Å². The summed E-state index contributed by atoms with van der Waals surface area (Å²) in [7, 11) is 0. The average molecular weight is 104 g/mol. The molecular formula is C3H10N3O-. The normalized spacial score (nSPS) is 11.1. The molecule has 0 aromatic carbocycles. The minimum absolute atomic E-state index is 0.0926. The van der Waals surface area contributed by atoms with Gasteiger partial charge < -0.3 is 10.4 Å². The van der Waals surface area contributed by atoms with Gasteiger partial charge in [0.05, 0.1) is 0 Å². The summed E-state index contributed by atoms with van der Waals surface area (Å²) in [6, 6.07) is -0.0926. The van der Waals surface area contributed by atoms with Gasteiger partial charge in [-0.3, -0.25) is 5.84 Å². The van der Waals surface area contributed by atoms with Crippen LogP contribution in [0.5, 0.6) is 0 Å². The van der Waals surface area contributed by atoms with E-state index in [0.717, 1.165) is 0 Å². The molecule has 0 atom stereocenters. The van der Waals surface area contributed by atoms with E-state index in [9.17, 15) is 5.21 Å². The molecule has 4 nitrogen and oxygen atoms in total. The lowest BCUT2D eigenvalue weighted by atomic mass is 10.4. The van der Waals surface area contributed by atoms with Crippen LogP contribution < -0.4 is 11.4 Å². The molecule has 0 aliphatic rings. The van der Waals surface area contributed by atoms with Crippen molar-refractivity contribution in [2.45, 2.75) is 19.9 Å². The van der Waals surface area contributed by atoms with Gasteiger partial charge in [0.1, 0.15) is 0 Å². The number of nitrogens with two attached hydrogens (primary N) is 1. The fourth-order valence-electron chi connectivity index (χ4n) is 0.149. The van der Waals surface area contributed by atoms with Crippen LogP contribution in [0.15, 0.2) is 0 Å². The van der Waals surface area contributed by atoms with Gasteiger partial charge >= 0.3 is 0 Å². The zero-order valence-electron chi connectivity index (χ0n) is 4.51. The molecule has 44 valence electrons. The van der Waals surface area contributed by atoms with Crippen molar-refractivity contribution >= 4 is 0 Å². The van der Waals surface area contributed by atoms with E-state index in [4.69, 9.17) is 5.84 Å². The fraction of sp³-hybridized carbons (Fsp3) is 1.00. The summed E-state index contributed by atoms with van der Waals surface area (Å²) in [4.78, 5) is 0. The molecule has 0 fully saturated rings. The first-order valence-electron chi connectivity index (χ1n) is 2.11. The topological polar surface area (TPSA) is 64.3 Å². The maximum Gasteiger partial charge on any atom is 0.00642 e. The summed E-state index contributed by atoms with van der Waals surface area (Å²) in [5, 5.41) is 10.8. The maximum absolute atomic E-state index is 10.2.